The fourth-order valence-electron chi connectivity index (χ4n) is 3.31. The highest BCUT2D eigenvalue weighted by Gasteiger charge is 2.28. The molecule has 0 radical (unpaired) electrons. The van der Waals surface area contributed by atoms with Gasteiger partial charge in [0.15, 0.2) is 11.6 Å². The second kappa shape index (κ2) is 9.33. The largest absolute Gasteiger partial charge is 0.411 e. The first-order chi connectivity index (χ1) is 13.9. The van der Waals surface area contributed by atoms with Gasteiger partial charge in [0.25, 0.3) is 0 Å². The van der Waals surface area contributed by atoms with Gasteiger partial charge in [-0.3, -0.25) is 4.99 Å². The first-order valence-corrected chi connectivity index (χ1v) is 9.68. The molecule has 0 amide bonds. The molecule has 5 nitrogen and oxygen atoms in total. The van der Waals surface area contributed by atoms with Crippen LogP contribution in [0.5, 0.6) is 0 Å². The van der Waals surface area contributed by atoms with Gasteiger partial charge in [-0.05, 0) is 56.4 Å². The number of benzene rings is 2. The molecule has 2 aromatic carbocycles. The van der Waals surface area contributed by atoms with Crippen LogP contribution in [0.15, 0.2) is 40.5 Å². The van der Waals surface area contributed by atoms with E-state index in [2.05, 4.69) is 20.4 Å². The maximum Gasteiger partial charge on any atom is 0.182 e. The number of fused-ring (bicyclic) bond motifs is 1. The summed E-state index contributed by atoms with van der Waals surface area (Å²) >= 11 is 6.02. The summed E-state index contributed by atoms with van der Waals surface area (Å²) in [6.07, 6.45) is 1.40. The molecule has 1 heterocycles. The SMILES string of the molecule is CN(C)CCCN=C1Cc2c(/C(Cc3cccc(Cl)c3)=N/O)cc(F)c(F)c2N1. The molecule has 0 saturated carbocycles. The van der Waals surface area contributed by atoms with Crippen molar-refractivity contribution in [3.8, 4) is 0 Å². The van der Waals surface area contributed by atoms with Crippen LogP contribution in [0.3, 0.4) is 0 Å². The molecule has 8 heteroatoms. The van der Waals surface area contributed by atoms with E-state index in [9.17, 15) is 14.0 Å². The minimum atomic E-state index is -1.01. The molecule has 0 spiro atoms. The monoisotopic (exact) mass is 420 g/mol. The van der Waals surface area contributed by atoms with Gasteiger partial charge in [0.05, 0.1) is 11.4 Å². The van der Waals surface area contributed by atoms with Gasteiger partial charge in [-0.15, -0.1) is 0 Å². The number of rotatable bonds is 7. The van der Waals surface area contributed by atoms with E-state index in [0.717, 1.165) is 24.6 Å². The van der Waals surface area contributed by atoms with E-state index in [1.54, 1.807) is 18.2 Å². The second-order valence-corrected chi connectivity index (χ2v) is 7.65. The average molecular weight is 421 g/mol. The molecule has 0 fully saturated rings. The summed E-state index contributed by atoms with van der Waals surface area (Å²) in [5.41, 5.74) is 1.97. The molecule has 0 atom stereocenters. The summed E-state index contributed by atoms with van der Waals surface area (Å²) in [5, 5.41) is 16.4. The average Bonchev–Trinajstić information content (AvgIpc) is 3.11. The first-order valence-electron chi connectivity index (χ1n) is 9.30. The number of amidine groups is 1. The van der Waals surface area contributed by atoms with Crippen LogP contribution in [0, 0.1) is 11.6 Å². The van der Waals surface area contributed by atoms with E-state index in [4.69, 9.17) is 11.6 Å². The number of anilines is 1. The van der Waals surface area contributed by atoms with Gasteiger partial charge in [0.2, 0.25) is 0 Å². The molecule has 2 N–H and O–H groups in total. The van der Waals surface area contributed by atoms with Crippen LogP contribution in [0.2, 0.25) is 5.02 Å². The van der Waals surface area contributed by atoms with Crippen molar-refractivity contribution >= 4 is 28.8 Å². The van der Waals surface area contributed by atoms with Crippen molar-refractivity contribution in [2.45, 2.75) is 19.3 Å². The molecule has 0 unspecified atom stereocenters. The summed E-state index contributed by atoms with van der Waals surface area (Å²) in [6, 6.07) is 8.15. The minimum Gasteiger partial charge on any atom is -0.411 e. The number of aliphatic imine (C=N–C) groups is 1. The van der Waals surface area contributed by atoms with E-state index in [1.807, 2.05) is 20.2 Å². The van der Waals surface area contributed by atoms with Gasteiger partial charge in [0.1, 0.15) is 5.84 Å². The number of hydrogen-bond donors (Lipinski definition) is 2. The van der Waals surface area contributed by atoms with E-state index in [-0.39, 0.29) is 17.8 Å². The van der Waals surface area contributed by atoms with Crippen LogP contribution in [0.25, 0.3) is 0 Å². The number of hydrogen-bond acceptors (Lipinski definition) is 4. The first kappa shape index (κ1) is 21.2. The molecular formula is C21H23ClF2N4O. The zero-order chi connectivity index (χ0) is 21.0. The molecule has 0 bridgehead atoms. The molecular weight excluding hydrogens is 398 g/mol. The molecule has 3 rings (SSSR count). The van der Waals surface area contributed by atoms with Gasteiger partial charge in [-0.25, -0.2) is 8.78 Å². The smallest absolute Gasteiger partial charge is 0.182 e. The van der Waals surface area contributed by atoms with Crippen molar-refractivity contribution in [1.82, 2.24) is 4.90 Å². The Morgan fingerprint density at radius 1 is 1.28 bits per heavy atom. The van der Waals surface area contributed by atoms with Crippen molar-refractivity contribution in [3.05, 3.63) is 63.7 Å². The Morgan fingerprint density at radius 3 is 2.76 bits per heavy atom. The van der Waals surface area contributed by atoms with Crippen molar-refractivity contribution in [3.63, 3.8) is 0 Å². The fourth-order valence-corrected chi connectivity index (χ4v) is 3.53. The molecule has 154 valence electrons. The van der Waals surface area contributed by atoms with E-state index in [1.165, 1.54) is 0 Å². The summed E-state index contributed by atoms with van der Waals surface area (Å²) in [4.78, 5) is 6.53. The van der Waals surface area contributed by atoms with Gasteiger partial charge < -0.3 is 15.4 Å². The Labute approximate surface area is 173 Å². The number of nitrogens with one attached hydrogen (secondary N) is 1. The van der Waals surface area contributed by atoms with Crippen molar-refractivity contribution in [2.24, 2.45) is 10.1 Å². The van der Waals surface area contributed by atoms with Gasteiger partial charge in [-0.2, -0.15) is 0 Å². The summed E-state index contributed by atoms with van der Waals surface area (Å²) in [7, 11) is 3.97. The number of halogens is 3. The van der Waals surface area contributed by atoms with Gasteiger partial charge >= 0.3 is 0 Å². The van der Waals surface area contributed by atoms with Crippen LogP contribution < -0.4 is 5.32 Å². The van der Waals surface area contributed by atoms with Crippen LogP contribution in [0.4, 0.5) is 14.5 Å². The van der Waals surface area contributed by atoms with Crippen LogP contribution in [-0.2, 0) is 12.8 Å². The fraction of sp³-hybridized carbons (Fsp3) is 0.333. The molecule has 29 heavy (non-hydrogen) atoms. The lowest BCUT2D eigenvalue weighted by molar-refractivity contribution is 0.318. The molecule has 0 aromatic heterocycles. The lowest BCUT2D eigenvalue weighted by Crippen LogP contribution is -2.15. The minimum absolute atomic E-state index is 0.0543. The Balaban J connectivity index is 1.87. The molecule has 2 aromatic rings. The normalized spacial score (nSPS) is 15.1. The Kier molecular flexibility index (Phi) is 6.82. The maximum absolute atomic E-state index is 14.4. The highest BCUT2D eigenvalue weighted by atomic mass is 35.5. The van der Waals surface area contributed by atoms with Gasteiger partial charge in [-0.1, -0.05) is 28.9 Å². The summed E-state index contributed by atoms with van der Waals surface area (Å²) in [5.74, 6) is -1.39. The van der Waals surface area contributed by atoms with Gasteiger partial charge in [0, 0.05) is 30.0 Å². The lowest BCUT2D eigenvalue weighted by Gasteiger charge is -2.11. The second-order valence-electron chi connectivity index (χ2n) is 7.21. The standard InChI is InChI=1S/C21H23ClF2N4O/c1-28(2)8-4-7-25-19-12-16-15(11-17(23)20(24)21(16)26-19)18(27-29)10-13-5-3-6-14(22)9-13/h3,5-6,9,11,29H,4,7-8,10,12H2,1-2H3,(H,25,26)/b27-18+. The summed E-state index contributed by atoms with van der Waals surface area (Å²) < 4.78 is 28.6. The molecule has 0 aliphatic carbocycles. The van der Waals surface area contributed by atoms with Crippen molar-refractivity contribution < 1.29 is 14.0 Å². The Bertz CT molecular complexity index is 960. The predicted molar refractivity (Wildman–Crippen MR) is 113 cm³/mol. The number of nitrogens with zero attached hydrogens (tertiary/aromatic N) is 3. The zero-order valence-corrected chi connectivity index (χ0v) is 17.1. The van der Waals surface area contributed by atoms with Crippen LogP contribution >= 0.6 is 11.6 Å². The highest BCUT2D eigenvalue weighted by Crippen LogP contribution is 2.33. The summed E-state index contributed by atoms with van der Waals surface area (Å²) in [6.45, 7) is 1.47. The molecule has 1 aliphatic rings. The highest BCUT2D eigenvalue weighted by molar-refractivity contribution is 6.30. The van der Waals surface area contributed by atoms with Crippen LogP contribution in [0.1, 0.15) is 23.1 Å². The van der Waals surface area contributed by atoms with E-state index < -0.39 is 11.6 Å². The van der Waals surface area contributed by atoms with Crippen molar-refractivity contribution in [2.75, 3.05) is 32.5 Å². The van der Waals surface area contributed by atoms with Crippen LogP contribution in [-0.4, -0.2) is 48.8 Å². The lowest BCUT2D eigenvalue weighted by atomic mass is 9.95. The van der Waals surface area contributed by atoms with E-state index >= 15 is 0 Å². The van der Waals surface area contributed by atoms with E-state index in [0.29, 0.717) is 35.0 Å². The van der Waals surface area contributed by atoms with Crippen molar-refractivity contribution in [1.29, 1.82) is 0 Å². The predicted octanol–water partition coefficient (Wildman–Crippen LogP) is 4.36. The third-order valence-corrected chi connectivity index (χ3v) is 4.93. The molecule has 0 saturated heterocycles. The quantitative estimate of drug-likeness (QED) is 0.303. The topological polar surface area (TPSA) is 60.2 Å². The Morgan fingerprint density at radius 2 is 2.07 bits per heavy atom. The third-order valence-electron chi connectivity index (χ3n) is 4.70. The third kappa shape index (κ3) is 5.10. The molecule has 1 aliphatic heterocycles. The Hall–Kier alpha value is -2.51. The maximum atomic E-state index is 14.4. The number of oxime groups is 1. The zero-order valence-electron chi connectivity index (χ0n) is 16.3.